The molecule has 21 heavy (non-hydrogen) atoms. The molecular weight excluding hydrogens is 264 g/mol. The van der Waals surface area contributed by atoms with Crippen molar-refractivity contribution in [3.8, 4) is 0 Å². The van der Waals surface area contributed by atoms with Crippen molar-refractivity contribution in [3.63, 3.8) is 0 Å². The molecule has 0 aliphatic heterocycles. The number of unbranched alkanes of at least 4 members (excludes halogenated alkanes) is 9. The van der Waals surface area contributed by atoms with Gasteiger partial charge in [-0.05, 0) is 12.8 Å². The summed E-state index contributed by atoms with van der Waals surface area (Å²) in [5.41, 5.74) is 0. The Bertz CT molecular complexity index is 241. The quantitative estimate of drug-likeness (QED) is 0.411. The third kappa shape index (κ3) is 11.7. The number of aliphatic hydroxyl groups excluding tert-OH is 1. The Morgan fingerprint density at radius 3 is 1.71 bits per heavy atom. The third-order valence-electron chi connectivity index (χ3n) is 4.25. The van der Waals surface area contributed by atoms with Crippen LogP contribution in [0.2, 0.25) is 0 Å². The second-order valence-corrected chi connectivity index (χ2v) is 6.27. The van der Waals surface area contributed by atoms with Crippen molar-refractivity contribution in [2.75, 3.05) is 0 Å². The van der Waals surface area contributed by atoms with Crippen molar-refractivity contribution in [1.82, 2.24) is 0 Å². The van der Waals surface area contributed by atoms with E-state index < -0.39 is 18.0 Å². The normalized spacial score (nSPS) is 14.0. The Hall–Kier alpha value is -0.570. The minimum absolute atomic E-state index is 0.567. The fraction of sp³-hybridized carbons (Fsp3) is 0.944. The second kappa shape index (κ2) is 14.4. The zero-order valence-electron chi connectivity index (χ0n) is 14.1. The summed E-state index contributed by atoms with van der Waals surface area (Å²) in [6.45, 7) is 4.36. The van der Waals surface area contributed by atoms with Crippen LogP contribution in [0.4, 0.5) is 0 Å². The van der Waals surface area contributed by atoms with E-state index in [1.165, 1.54) is 38.5 Å². The molecule has 0 aromatic rings. The van der Waals surface area contributed by atoms with E-state index in [0.29, 0.717) is 12.8 Å². The van der Waals surface area contributed by atoms with Crippen LogP contribution in [0.15, 0.2) is 0 Å². The zero-order valence-corrected chi connectivity index (χ0v) is 14.1. The highest BCUT2D eigenvalue weighted by Gasteiger charge is 2.25. The molecule has 0 rings (SSSR count). The van der Waals surface area contributed by atoms with E-state index in [2.05, 4.69) is 13.8 Å². The fourth-order valence-electron chi connectivity index (χ4n) is 2.78. The molecule has 3 nitrogen and oxygen atoms in total. The summed E-state index contributed by atoms with van der Waals surface area (Å²) >= 11 is 0. The predicted octanol–water partition coefficient (Wildman–Crippen LogP) is 5.16. The van der Waals surface area contributed by atoms with Crippen LogP contribution in [0.3, 0.4) is 0 Å². The maximum absolute atomic E-state index is 11.3. The summed E-state index contributed by atoms with van der Waals surface area (Å²) in [4.78, 5) is 11.3. The standard InChI is InChI=1S/C18H36O3/c1-3-5-7-9-10-11-12-14-16(18(20)21)17(19)15-13-8-6-4-2/h16-17,19H,3-15H2,1-2H3,(H,20,21). The Labute approximate surface area is 131 Å². The summed E-state index contributed by atoms with van der Waals surface area (Å²) in [5.74, 6) is -1.40. The molecule has 0 bridgehead atoms. The molecule has 0 saturated heterocycles. The SMILES string of the molecule is CCCCCCCCCC(C(=O)O)C(O)CCCCCC. The highest BCUT2D eigenvalue weighted by molar-refractivity contribution is 5.70. The van der Waals surface area contributed by atoms with E-state index in [-0.39, 0.29) is 0 Å². The lowest BCUT2D eigenvalue weighted by Gasteiger charge is -2.19. The molecule has 0 aromatic heterocycles. The predicted molar refractivity (Wildman–Crippen MR) is 88.5 cm³/mol. The molecule has 2 N–H and O–H groups in total. The average Bonchev–Trinajstić information content (AvgIpc) is 2.46. The van der Waals surface area contributed by atoms with Crippen LogP contribution in [0.1, 0.15) is 97.3 Å². The first-order valence-electron chi connectivity index (χ1n) is 9.04. The van der Waals surface area contributed by atoms with Gasteiger partial charge in [-0.15, -0.1) is 0 Å². The van der Waals surface area contributed by atoms with Crippen LogP contribution in [0, 0.1) is 5.92 Å². The average molecular weight is 300 g/mol. The summed E-state index contributed by atoms with van der Waals surface area (Å²) in [6.07, 6.45) is 13.3. The van der Waals surface area contributed by atoms with E-state index in [1.807, 2.05) is 0 Å². The number of aliphatic carboxylic acids is 1. The van der Waals surface area contributed by atoms with E-state index >= 15 is 0 Å². The zero-order chi connectivity index (χ0) is 15.9. The molecule has 0 heterocycles. The Morgan fingerprint density at radius 2 is 1.19 bits per heavy atom. The summed E-state index contributed by atoms with van der Waals surface area (Å²) in [6, 6.07) is 0. The first kappa shape index (κ1) is 20.4. The molecule has 0 amide bonds. The highest BCUT2D eigenvalue weighted by atomic mass is 16.4. The topological polar surface area (TPSA) is 57.5 Å². The smallest absolute Gasteiger partial charge is 0.309 e. The highest BCUT2D eigenvalue weighted by Crippen LogP contribution is 2.20. The van der Waals surface area contributed by atoms with Gasteiger partial charge in [-0.2, -0.15) is 0 Å². The van der Waals surface area contributed by atoms with Gasteiger partial charge in [0.15, 0.2) is 0 Å². The van der Waals surface area contributed by atoms with Crippen LogP contribution in [-0.4, -0.2) is 22.3 Å². The van der Waals surface area contributed by atoms with Crippen LogP contribution < -0.4 is 0 Å². The number of hydrogen-bond acceptors (Lipinski definition) is 2. The minimum Gasteiger partial charge on any atom is -0.481 e. The first-order valence-corrected chi connectivity index (χ1v) is 9.04. The molecular formula is C18H36O3. The number of aliphatic hydroxyl groups is 1. The lowest BCUT2D eigenvalue weighted by Crippen LogP contribution is -2.28. The van der Waals surface area contributed by atoms with Crippen molar-refractivity contribution in [3.05, 3.63) is 0 Å². The van der Waals surface area contributed by atoms with Crippen LogP contribution in [0.5, 0.6) is 0 Å². The number of carboxylic acids is 1. The van der Waals surface area contributed by atoms with E-state index in [0.717, 1.165) is 32.1 Å². The Kier molecular flexibility index (Phi) is 14.0. The molecule has 0 aliphatic rings. The maximum atomic E-state index is 11.3. The van der Waals surface area contributed by atoms with Gasteiger partial charge < -0.3 is 10.2 Å². The molecule has 0 aliphatic carbocycles. The van der Waals surface area contributed by atoms with Crippen molar-refractivity contribution in [2.45, 2.75) is 103 Å². The molecule has 0 radical (unpaired) electrons. The third-order valence-corrected chi connectivity index (χ3v) is 4.25. The Morgan fingerprint density at radius 1 is 0.762 bits per heavy atom. The largest absolute Gasteiger partial charge is 0.481 e. The van der Waals surface area contributed by atoms with E-state index in [4.69, 9.17) is 0 Å². The van der Waals surface area contributed by atoms with Gasteiger partial charge in [0.1, 0.15) is 0 Å². The van der Waals surface area contributed by atoms with Crippen molar-refractivity contribution in [2.24, 2.45) is 5.92 Å². The minimum atomic E-state index is -0.830. The summed E-state index contributed by atoms with van der Waals surface area (Å²) in [5, 5.41) is 19.3. The molecule has 0 saturated carbocycles. The van der Waals surface area contributed by atoms with E-state index in [1.54, 1.807) is 0 Å². The van der Waals surface area contributed by atoms with Crippen molar-refractivity contribution >= 4 is 5.97 Å². The van der Waals surface area contributed by atoms with Crippen LogP contribution in [-0.2, 0) is 4.79 Å². The molecule has 126 valence electrons. The van der Waals surface area contributed by atoms with Crippen LogP contribution >= 0.6 is 0 Å². The number of hydrogen-bond donors (Lipinski definition) is 2. The van der Waals surface area contributed by atoms with Gasteiger partial charge in [0.05, 0.1) is 12.0 Å². The number of carboxylic acid groups (broad SMARTS) is 1. The first-order chi connectivity index (χ1) is 10.1. The van der Waals surface area contributed by atoms with E-state index in [9.17, 15) is 15.0 Å². The van der Waals surface area contributed by atoms with Gasteiger partial charge >= 0.3 is 5.97 Å². The second-order valence-electron chi connectivity index (χ2n) is 6.27. The molecule has 0 aromatic carbocycles. The number of carbonyl (C=O) groups is 1. The molecule has 2 unspecified atom stereocenters. The van der Waals surface area contributed by atoms with Gasteiger partial charge in [0.2, 0.25) is 0 Å². The maximum Gasteiger partial charge on any atom is 0.309 e. The molecule has 3 heteroatoms. The van der Waals surface area contributed by atoms with Crippen molar-refractivity contribution in [1.29, 1.82) is 0 Å². The molecule has 2 atom stereocenters. The van der Waals surface area contributed by atoms with Gasteiger partial charge in [-0.1, -0.05) is 84.5 Å². The number of rotatable bonds is 15. The Balaban J connectivity index is 3.77. The molecule has 0 spiro atoms. The van der Waals surface area contributed by atoms with Crippen LogP contribution in [0.25, 0.3) is 0 Å². The van der Waals surface area contributed by atoms with Gasteiger partial charge in [0.25, 0.3) is 0 Å². The fourth-order valence-corrected chi connectivity index (χ4v) is 2.78. The molecule has 0 fully saturated rings. The lowest BCUT2D eigenvalue weighted by molar-refractivity contribution is -0.146. The summed E-state index contributed by atoms with van der Waals surface area (Å²) < 4.78 is 0. The van der Waals surface area contributed by atoms with Crippen molar-refractivity contribution < 1.29 is 15.0 Å². The lowest BCUT2D eigenvalue weighted by atomic mass is 9.91. The monoisotopic (exact) mass is 300 g/mol. The van der Waals surface area contributed by atoms with Gasteiger partial charge in [0, 0.05) is 0 Å². The van der Waals surface area contributed by atoms with Gasteiger partial charge in [-0.25, -0.2) is 0 Å². The van der Waals surface area contributed by atoms with Gasteiger partial charge in [-0.3, -0.25) is 4.79 Å². The summed E-state index contributed by atoms with van der Waals surface area (Å²) in [7, 11) is 0.